The lowest BCUT2D eigenvalue weighted by Gasteiger charge is -2.00. The van der Waals surface area contributed by atoms with Gasteiger partial charge >= 0.3 is 5.97 Å². The third kappa shape index (κ3) is 2.56. The molecule has 88 valence electrons. The molecule has 0 amide bonds. The molecule has 0 saturated carbocycles. The number of aryl methyl sites for hydroxylation is 1. The predicted octanol–water partition coefficient (Wildman–Crippen LogP) is 3.67. The Morgan fingerprint density at radius 2 is 2.24 bits per heavy atom. The number of esters is 1. The number of methoxy groups -OCH3 is 1. The quantitative estimate of drug-likeness (QED) is 0.794. The molecule has 0 radical (unpaired) electrons. The summed E-state index contributed by atoms with van der Waals surface area (Å²) in [6.07, 6.45) is 0. The van der Waals surface area contributed by atoms with E-state index in [0.717, 1.165) is 15.0 Å². The van der Waals surface area contributed by atoms with E-state index in [9.17, 15) is 4.79 Å². The van der Waals surface area contributed by atoms with Gasteiger partial charge in [0.05, 0.1) is 7.11 Å². The summed E-state index contributed by atoms with van der Waals surface area (Å²) in [7, 11) is 1.35. The van der Waals surface area contributed by atoms with Gasteiger partial charge in [0.1, 0.15) is 5.01 Å². The minimum atomic E-state index is -0.404. The van der Waals surface area contributed by atoms with E-state index in [1.165, 1.54) is 24.0 Å². The molecular weight excluding hydrogens is 302 g/mol. The van der Waals surface area contributed by atoms with Gasteiger partial charge in [-0.2, -0.15) is 0 Å². The summed E-state index contributed by atoms with van der Waals surface area (Å²) in [6.45, 7) is 2.02. The van der Waals surface area contributed by atoms with Crippen LogP contribution in [-0.2, 0) is 4.74 Å². The van der Waals surface area contributed by atoms with Crippen molar-refractivity contribution < 1.29 is 9.53 Å². The fourth-order valence-corrected chi connectivity index (χ4v) is 2.50. The zero-order chi connectivity index (χ0) is 12.4. The molecule has 2 rings (SSSR count). The molecule has 0 unspecified atom stereocenters. The van der Waals surface area contributed by atoms with Gasteiger partial charge in [-0.25, -0.2) is 9.78 Å². The smallest absolute Gasteiger partial charge is 0.357 e. The van der Waals surface area contributed by atoms with E-state index in [1.54, 1.807) is 5.38 Å². The number of carbonyl (C=O) groups is 1. The molecule has 0 aliphatic carbocycles. The summed E-state index contributed by atoms with van der Waals surface area (Å²) >= 11 is 4.91. The largest absolute Gasteiger partial charge is 0.464 e. The summed E-state index contributed by atoms with van der Waals surface area (Å²) in [5.74, 6) is -0.404. The summed E-state index contributed by atoms with van der Waals surface area (Å²) in [6, 6.07) is 5.99. The van der Waals surface area contributed by atoms with Crippen molar-refractivity contribution in [1.29, 1.82) is 0 Å². The van der Waals surface area contributed by atoms with Gasteiger partial charge in [-0.05, 0) is 18.6 Å². The van der Waals surface area contributed by atoms with Crippen molar-refractivity contribution in [2.45, 2.75) is 6.92 Å². The van der Waals surface area contributed by atoms with Crippen LogP contribution < -0.4 is 0 Å². The number of hydrogen-bond donors (Lipinski definition) is 0. The molecule has 0 spiro atoms. The SMILES string of the molecule is COC(=O)c1csc(-c2ccc(C)c(Br)c2)n1. The lowest BCUT2D eigenvalue weighted by Crippen LogP contribution is -2.00. The number of aromatic nitrogens is 1. The first-order valence-electron chi connectivity index (χ1n) is 4.92. The Bertz CT molecular complexity index is 565. The second-order valence-corrected chi connectivity index (χ2v) is 5.21. The zero-order valence-corrected chi connectivity index (χ0v) is 11.8. The number of ether oxygens (including phenoxy) is 1. The topological polar surface area (TPSA) is 39.2 Å². The average Bonchev–Trinajstić information content (AvgIpc) is 2.81. The van der Waals surface area contributed by atoms with E-state index < -0.39 is 5.97 Å². The molecule has 0 aliphatic heterocycles. The van der Waals surface area contributed by atoms with Crippen LogP contribution in [0.1, 0.15) is 16.1 Å². The highest BCUT2D eigenvalue weighted by molar-refractivity contribution is 9.10. The molecule has 17 heavy (non-hydrogen) atoms. The molecule has 1 aromatic heterocycles. The van der Waals surface area contributed by atoms with Gasteiger partial charge in [0.2, 0.25) is 0 Å². The van der Waals surface area contributed by atoms with Crippen LogP contribution in [0.15, 0.2) is 28.1 Å². The molecule has 0 bridgehead atoms. The summed E-state index contributed by atoms with van der Waals surface area (Å²) in [4.78, 5) is 15.5. The Balaban J connectivity index is 2.37. The van der Waals surface area contributed by atoms with Crippen molar-refractivity contribution in [3.8, 4) is 10.6 Å². The van der Waals surface area contributed by atoms with E-state index in [2.05, 4.69) is 25.7 Å². The number of benzene rings is 1. The molecule has 1 aromatic carbocycles. The van der Waals surface area contributed by atoms with Gasteiger partial charge < -0.3 is 4.74 Å². The molecule has 0 N–H and O–H groups in total. The molecule has 5 heteroatoms. The first-order valence-corrected chi connectivity index (χ1v) is 6.59. The third-order valence-corrected chi connectivity index (χ3v) is 4.06. The predicted molar refractivity (Wildman–Crippen MR) is 71.3 cm³/mol. The van der Waals surface area contributed by atoms with Crippen molar-refractivity contribution in [1.82, 2.24) is 4.98 Å². The first-order chi connectivity index (χ1) is 8.11. The van der Waals surface area contributed by atoms with Gasteiger partial charge in [-0.3, -0.25) is 0 Å². The fraction of sp³-hybridized carbons (Fsp3) is 0.167. The maximum Gasteiger partial charge on any atom is 0.357 e. The second-order valence-electron chi connectivity index (χ2n) is 3.49. The highest BCUT2D eigenvalue weighted by Crippen LogP contribution is 2.28. The van der Waals surface area contributed by atoms with Gasteiger partial charge in [0, 0.05) is 15.4 Å². The molecule has 0 aliphatic rings. The highest BCUT2D eigenvalue weighted by Gasteiger charge is 2.12. The number of hydrogen-bond acceptors (Lipinski definition) is 4. The number of carbonyl (C=O) groups excluding carboxylic acids is 1. The van der Waals surface area contributed by atoms with Crippen LogP contribution in [0.4, 0.5) is 0 Å². The monoisotopic (exact) mass is 311 g/mol. The fourth-order valence-electron chi connectivity index (χ4n) is 1.33. The van der Waals surface area contributed by atoms with Crippen LogP contribution >= 0.6 is 27.3 Å². The lowest BCUT2D eigenvalue weighted by atomic mass is 10.2. The Kier molecular flexibility index (Phi) is 3.59. The van der Waals surface area contributed by atoms with Crippen LogP contribution in [0.25, 0.3) is 10.6 Å². The van der Waals surface area contributed by atoms with Crippen LogP contribution in [0.5, 0.6) is 0 Å². The zero-order valence-electron chi connectivity index (χ0n) is 9.36. The Morgan fingerprint density at radius 3 is 2.88 bits per heavy atom. The highest BCUT2D eigenvalue weighted by atomic mass is 79.9. The molecule has 2 aromatic rings. The standard InChI is InChI=1S/C12H10BrNO2S/c1-7-3-4-8(5-9(7)13)11-14-10(6-17-11)12(15)16-2/h3-6H,1-2H3. The minimum absolute atomic E-state index is 0.351. The molecule has 0 atom stereocenters. The van der Waals surface area contributed by atoms with E-state index >= 15 is 0 Å². The summed E-state index contributed by atoms with van der Waals surface area (Å²) < 4.78 is 5.66. The normalized spacial score (nSPS) is 10.3. The Hall–Kier alpha value is -1.20. The minimum Gasteiger partial charge on any atom is -0.464 e. The number of thiazole rings is 1. The van der Waals surface area contributed by atoms with Gasteiger partial charge in [0.15, 0.2) is 5.69 Å². The van der Waals surface area contributed by atoms with Crippen LogP contribution in [0, 0.1) is 6.92 Å². The maximum absolute atomic E-state index is 11.3. The number of rotatable bonds is 2. The first kappa shape index (κ1) is 12.3. The maximum atomic E-state index is 11.3. The van der Waals surface area contributed by atoms with Crippen molar-refractivity contribution in [3.63, 3.8) is 0 Å². The number of halogens is 1. The van der Waals surface area contributed by atoms with E-state index in [0.29, 0.717) is 5.69 Å². The molecule has 1 heterocycles. The van der Waals surface area contributed by atoms with Gasteiger partial charge in [0.25, 0.3) is 0 Å². The van der Waals surface area contributed by atoms with Crippen molar-refractivity contribution in [2.75, 3.05) is 7.11 Å². The van der Waals surface area contributed by atoms with E-state index in [-0.39, 0.29) is 0 Å². The van der Waals surface area contributed by atoms with Gasteiger partial charge in [-0.1, -0.05) is 28.1 Å². The van der Waals surface area contributed by atoms with E-state index in [1.807, 2.05) is 25.1 Å². The lowest BCUT2D eigenvalue weighted by molar-refractivity contribution is 0.0595. The third-order valence-electron chi connectivity index (χ3n) is 2.32. The molecular formula is C12H10BrNO2S. The van der Waals surface area contributed by atoms with Crippen LogP contribution in [-0.4, -0.2) is 18.1 Å². The number of nitrogens with zero attached hydrogens (tertiary/aromatic N) is 1. The summed E-state index contributed by atoms with van der Waals surface area (Å²) in [5, 5.41) is 2.51. The Labute approximate surface area is 112 Å². The van der Waals surface area contributed by atoms with Crippen molar-refractivity contribution in [3.05, 3.63) is 39.3 Å². The van der Waals surface area contributed by atoms with Crippen molar-refractivity contribution in [2.24, 2.45) is 0 Å². The van der Waals surface area contributed by atoms with E-state index in [4.69, 9.17) is 0 Å². The molecule has 0 fully saturated rings. The average molecular weight is 312 g/mol. The van der Waals surface area contributed by atoms with Crippen LogP contribution in [0.2, 0.25) is 0 Å². The molecule has 0 saturated heterocycles. The van der Waals surface area contributed by atoms with Crippen LogP contribution in [0.3, 0.4) is 0 Å². The second kappa shape index (κ2) is 4.98. The summed E-state index contributed by atoms with van der Waals surface area (Å²) in [5.41, 5.74) is 2.50. The Morgan fingerprint density at radius 1 is 1.47 bits per heavy atom. The molecule has 3 nitrogen and oxygen atoms in total. The van der Waals surface area contributed by atoms with Crippen molar-refractivity contribution >= 4 is 33.2 Å². The van der Waals surface area contributed by atoms with Gasteiger partial charge in [-0.15, -0.1) is 11.3 Å².